The van der Waals surface area contributed by atoms with E-state index >= 15 is 0 Å². The molecule has 0 saturated heterocycles. The second kappa shape index (κ2) is 8.30. The summed E-state index contributed by atoms with van der Waals surface area (Å²) in [4.78, 5) is 18.4. The maximum absolute atomic E-state index is 13.4. The highest BCUT2D eigenvalue weighted by Gasteiger charge is 2.29. The van der Waals surface area contributed by atoms with Gasteiger partial charge in [-0.15, -0.1) is 3.89 Å². The molecule has 2 heterocycles. The molecule has 0 fully saturated rings. The summed E-state index contributed by atoms with van der Waals surface area (Å²) in [6.07, 6.45) is 0.0896. The van der Waals surface area contributed by atoms with Crippen LogP contribution in [0.4, 0.5) is 8.68 Å². The molecule has 3 rings (SSSR count). The standard InChI is InChI=1S/C19H24FN3O4S/c1-14(2)10-16-17(13-28(20,25)26)23-9-8-22(11-18(23)21-16)19(24)27-12-15-6-4-3-5-7-15/h3-7,14H,8-13H2,1-2H3. The summed E-state index contributed by atoms with van der Waals surface area (Å²) in [5, 5.41) is 0. The highest BCUT2D eigenvalue weighted by molar-refractivity contribution is 7.85. The van der Waals surface area contributed by atoms with Crippen LogP contribution in [0.1, 0.15) is 36.6 Å². The molecule has 0 spiro atoms. The Hall–Kier alpha value is -2.42. The van der Waals surface area contributed by atoms with Crippen LogP contribution >= 0.6 is 0 Å². The summed E-state index contributed by atoms with van der Waals surface area (Å²) in [7, 11) is -4.67. The molecular weight excluding hydrogens is 385 g/mol. The molecule has 1 amide bonds. The molecule has 1 aromatic carbocycles. The van der Waals surface area contributed by atoms with Gasteiger partial charge in [-0.1, -0.05) is 44.2 Å². The molecule has 0 atom stereocenters. The highest BCUT2D eigenvalue weighted by atomic mass is 32.3. The molecule has 0 unspecified atom stereocenters. The van der Waals surface area contributed by atoms with Gasteiger partial charge >= 0.3 is 16.3 Å². The van der Waals surface area contributed by atoms with E-state index in [-0.39, 0.29) is 19.1 Å². The Morgan fingerprint density at radius 1 is 1.25 bits per heavy atom. The molecule has 0 bridgehead atoms. The number of nitrogens with zero attached hydrogens (tertiary/aromatic N) is 3. The lowest BCUT2D eigenvalue weighted by atomic mass is 10.1. The summed E-state index contributed by atoms with van der Waals surface area (Å²) in [5.74, 6) is 0.0997. The van der Waals surface area contributed by atoms with Crippen molar-refractivity contribution in [1.29, 1.82) is 0 Å². The molecule has 1 aliphatic rings. The van der Waals surface area contributed by atoms with Crippen molar-refractivity contribution in [1.82, 2.24) is 14.5 Å². The fourth-order valence-corrected chi connectivity index (χ4v) is 3.94. The Kier molecular flexibility index (Phi) is 6.02. The first-order chi connectivity index (χ1) is 13.2. The van der Waals surface area contributed by atoms with E-state index in [1.807, 2.05) is 44.2 Å². The number of hydrogen-bond donors (Lipinski definition) is 0. The maximum Gasteiger partial charge on any atom is 0.410 e. The number of ether oxygens (including phenoxy) is 1. The van der Waals surface area contributed by atoms with Crippen LogP contribution in [-0.4, -0.2) is 35.5 Å². The smallest absolute Gasteiger partial charge is 0.410 e. The highest BCUT2D eigenvalue weighted by Crippen LogP contribution is 2.23. The average Bonchev–Trinajstić information content (AvgIpc) is 2.94. The van der Waals surface area contributed by atoms with Gasteiger partial charge in [-0.25, -0.2) is 9.78 Å². The van der Waals surface area contributed by atoms with Gasteiger partial charge in [-0.05, 0) is 17.9 Å². The molecule has 2 aromatic rings. The van der Waals surface area contributed by atoms with Crippen LogP contribution in [0.5, 0.6) is 0 Å². The summed E-state index contributed by atoms with van der Waals surface area (Å²) in [5.41, 5.74) is 1.85. The number of rotatable bonds is 6. The molecule has 0 radical (unpaired) electrons. The third-order valence-corrected chi connectivity index (χ3v) is 5.15. The molecule has 0 saturated carbocycles. The minimum atomic E-state index is -4.67. The van der Waals surface area contributed by atoms with Gasteiger partial charge in [0, 0.05) is 13.1 Å². The van der Waals surface area contributed by atoms with Gasteiger partial charge in [-0.2, -0.15) is 8.42 Å². The van der Waals surface area contributed by atoms with Gasteiger partial charge in [0.2, 0.25) is 0 Å². The van der Waals surface area contributed by atoms with Crippen LogP contribution in [0.25, 0.3) is 0 Å². The molecule has 152 valence electrons. The molecule has 0 N–H and O–H groups in total. The first kappa shape index (κ1) is 20.3. The van der Waals surface area contributed by atoms with Gasteiger partial charge in [0.15, 0.2) is 0 Å². The van der Waals surface area contributed by atoms with Crippen molar-refractivity contribution in [2.24, 2.45) is 5.92 Å². The predicted octanol–water partition coefficient (Wildman–Crippen LogP) is 3.03. The summed E-state index contributed by atoms with van der Waals surface area (Å²) in [6.45, 7) is 5.04. The molecule has 7 nitrogen and oxygen atoms in total. The number of hydrogen-bond acceptors (Lipinski definition) is 5. The lowest BCUT2D eigenvalue weighted by Crippen LogP contribution is -2.39. The van der Waals surface area contributed by atoms with E-state index in [4.69, 9.17) is 4.74 Å². The van der Waals surface area contributed by atoms with Crippen LogP contribution in [0.15, 0.2) is 30.3 Å². The largest absolute Gasteiger partial charge is 0.445 e. The Labute approximate surface area is 164 Å². The van der Waals surface area contributed by atoms with E-state index in [9.17, 15) is 17.1 Å². The van der Waals surface area contributed by atoms with Crippen molar-refractivity contribution >= 4 is 16.3 Å². The van der Waals surface area contributed by atoms with E-state index in [0.717, 1.165) is 5.56 Å². The molecule has 1 aromatic heterocycles. The third-order valence-electron chi connectivity index (χ3n) is 4.53. The second-order valence-electron chi connectivity index (χ2n) is 7.32. The average molecular weight is 409 g/mol. The van der Waals surface area contributed by atoms with Crippen LogP contribution in [0, 0.1) is 5.92 Å². The molecule has 1 aliphatic heterocycles. The fraction of sp³-hybridized carbons (Fsp3) is 0.474. The van der Waals surface area contributed by atoms with Crippen LogP contribution in [-0.2, 0) is 46.8 Å². The summed E-state index contributed by atoms with van der Waals surface area (Å²) >= 11 is 0. The number of carbonyl (C=O) groups is 1. The Balaban J connectivity index is 1.74. The van der Waals surface area contributed by atoms with Crippen molar-refractivity contribution < 1.29 is 21.8 Å². The van der Waals surface area contributed by atoms with Crippen molar-refractivity contribution in [2.45, 2.75) is 45.7 Å². The lowest BCUT2D eigenvalue weighted by Gasteiger charge is -2.27. The van der Waals surface area contributed by atoms with E-state index in [0.29, 0.717) is 36.7 Å². The SMILES string of the molecule is CC(C)Cc1nc2n(c1CS(=O)(=O)F)CCN(C(=O)OCc1ccccc1)C2. The Bertz CT molecular complexity index is 942. The van der Waals surface area contributed by atoms with Crippen molar-refractivity contribution in [2.75, 3.05) is 6.54 Å². The topological polar surface area (TPSA) is 81.5 Å². The molecule has 0 aliphatic carbocycles. The van der Waals surface area contributed by atoms with E-state index in [1.54, 1.807) is 4.57 Å². The van der Waals surface area contributed by atoms with Gasteiger partial charge in [0.1, 0.15) is 18.2 Å². The van der Waals surface area contributed by atoms with Crippen LogP contribution in [0.3, 0.4) is 0 Å². The monoisotopic (exact) mass is 409 g/mol. The summed E-state index contributed by atoms with van der Waals surface area (Å²) < 4.78 is 42.9. The number of benzene rings is 1. The minimum absolute atomic E-state index is 0.175. The van der Waals surface area contributed by atoms with Crippen molar-refractivity contribution in [3.63, 3.8) is 0 Å². The van der Waals surface area contributed by atoms with Crippen molar-refractivity contribution in [3.8, 4) is 0 Å². The second-order valence-corrected chi connectivity index (χ2v) is 8.68. The van der Waals surface area contributed by atoms with Crippen LogP contribution < -0.4 is 0 Å². The zero-order valence-corrected chi connectivity index (χ0v) is 16.8. The van der Waals surface area contributed by atoms with E-state index < -0.39 is 22.1 Å². The first-order valence-corrected chi connectivity index (χ1v) is 10.7. The van der Waals surface area contributed by atoms with E-state index in [1.165, 1.54) is 4.90 Å². The van der Waals surface area contributed by atoms with Gasteiger partial charge in [0.25, 0.3) is 0 Å². The Morgan fingerprint density at radius 3 is 2.61 bits per heavy atom. The zero-order chi connectivity index (χ0) is 20.3. The maximum atomic E-state index is 13.4. The van der Waals surface area contributed by atoms with Gasteiger partial charge in [0.05, 0.1) is 17.9 Å². The van der Waals surface area contributed by atoms with Gasteiger partial charge < -0.3 is 9.30 Å². The number of fused-ring (bicyclic) bond motifs is 1. The normalized spacial score (nSPS) is 14.2. The number of carbonyl (C=O) groups excluding carboxylic acids is 1. The molecular formula is C19H24FN3O4S. The zero-order valence-electron chi connectivity index (χ0n) is 16.0. The number of halogens is 1. The minimum Gasteiger partial charge on any atom is -0.445 e. The van der Waals surface area contributed by atoms with E-state index in [2.05, 4.69) is 4.98 Å². The van der Waals surface area contributed by atoms with Crippen molar-refractivity contribution in [3.05, 3.63) is 53.1 Å². The fourth-order valence-electron chi connectivity index (χ4n) is 3.29. The lowest BCUT2D eigenvalue weighted by molar-refractivity contribution is 0.0860. The molecule has 28 heavy (non-hydrogen) atoms. The quantitative estimate of drug-likeness (QED) is 0.685. The number of aromatic nitrogens is 2. The predicted molar refractivity (Wildman–Crippen MR) is 102 cm³/mol. The van der Waals surface area contributed by atoms with Crippen LogP contribution in [0.2, 0.25) is 0 Å². The van der Waals surface area contributed by atoms with Gasteiger partial charge in [-0.3, -0.25) is 4.90 Å². The molecule has 9 heteroatoms. The number of imidazole rings is 1. The third kappa shape index (κ3) is 5.09. The Morgan fingerprint density at radius 2 is 1.96 bits per heavy atom. The number of amides is 1. The first-order valence-electron chi connectivity index (χ1n) is 9.18. The summed E-state index contributed by atoms with van der Waals surface area (Å²) in [6, 6.07) is 9.38.